The number of aliphatic imine (C=N–C) groups is 6. The Kier molecular flexibility index (Phi) is 37.0. The van der Waals surface area contributed by atoms with Crippen LogP contribution in [0.4, 0.5) is 22.0 Å². The first-order chi connectivity index (χ1) is 70.7. The largest absolute Gasteiger partial charge is 0.586 e. The molecular weight excluding hydrogens is 2170 g/mol. The summed E-state index contributed by atoms with van der Waals surface area (Å²) >= 11 is 32.7. The Bertz CT molecular complexity index is 7250. The van der Waals surface area contributed by atoms with Crippen LogP contribution >= 0.6 is 98.5 Å². The third kappa shape index (κ3) is 27.5. The van der Waals surface area contributed by atoms with Crippen molar-refractivity contribution >= 4 is 155 Å². The lowest BCUT2D eigenvalue weighted by Gasteiger charge is -2.23. The molecular formula is C117H112Br4Cl3F5N12O5. The third-order valence-electron chi connectivity index (χ3n) is 26.1. The van der Waals surface area contributed by atoms with Crippen LogP contribution in [0.5, 0.6) is 23.0 Å². The number of aliphatic hydroxyl groups excluding tert-OH is 1. The highest BCUT2D eigenvalue weighted by molar-refractivity contribution is 9.11. The number of halogens is 12. The van der Waals surface area contributed by atoms with Crippen molar-refractivity contribution in [1.82, 2.24) is 31.5 Å². The number of rotatable bonds is 27. The van der Waals surface area contributed by atoms with Gasteiger partial charge in [-0.15, -0.1) is 8.78 Å². The predicted octanol–water partition coefficient (Wildman–Crippen LogP) is 25.5. The number of ether oxygens (including phenoxy) is 4. The zero-order valence-electron chi connectivity index (χ0n) is 81.5. The molecule has 7 aliphatic heterocycles. The smallest absolute Gasteiger partial charge is 0.496 e. The van der Waals surface area contributed by atoms with E-state index in [4.69, 9.17) is 44.3 Å². The maximum atomic E-state index is 14.5. The second-order valence-electron chi connectivity index (χ2n) is 36.4. The van der Waals surface area contributed by atoms with Crippen molar-refractivity contribution in [2.75, 3.05) is 93.3 Å². The number of benzene rings is 14. The number of fused-ring (bicyclic) bond motifs is 3. The van der Waals surface area contributed by atoms with Crippen LogP contribution in [0, 0.1) is 17.5 Å². The summed E-state index contributed by atoms with van der Waals surface area (Å²) in [7, 11) is 5.36. The highest BCUT2D eigenvalue weighted by atomic mass is 79.9. The number of nitrogens with zero attached hydrogens (tertiary/aromatic N) is 7. The van der Waals surface area contributed by atoms with Crippen LogP contribution in [0.3, 0.4) is 0 Å². The van der Waals surface area contributed by atoms with Crippen LogP contribution < -0.4 is 45.5 Å². The average Bonchev–Trinajstić information content (AvgIpc) is 1.61. The van der Waals surface area contributed by atoms with Crippen molar-refractivity contribution in [3.8, 4) is 23.0 Å². The average molecular weight is 2290 g/mol. The van der Waals surface area contributed by atoms with Gasteiger partial charge in [-0.1, -0.05) is 268 Å². The summed E-state index contributed by atoms with van der Waals surface area (Å²) in [6.45, 7) is 12.1. The minimum absolute atomic E-state index is 0.00177. The lowest BCUT2D eigenvalue weighted by atomic mass is 9.95. The van der Waals surface area contributed by atoms with Crippen LogP contribution in [0.25, 0.3) is 21.5 Å². The Morgan fingerprint density at radius 3 is 1.23 bits per heavy atom. The fourth-order valence-electron chi connectivity index (χ4n) is 18.8. The Balaban J connectivity index is 0.000000125. The Labute approximate surface area is 897 Å². The second-order valence-corrected chi connectivity index (χ2v) is 41.3. The quantitative estimate of drug-likeness (QED) is 0.0212. The van der Waals surface area contributed by atoms with Gasteiger partial charge in [-0.3, -0.25) is 30.0 Å². The molecule has 754 valence electrons. The highest BCUT2D eigenvalue weighted by Crippen LogP contribution is 2.45. The molecule has 29 heteroatoms. The second kappa shape index (κ2) is 50.6. The van der Waals surface area contributed by atoms with Gasteiger partial charge in [0.05, 0.1) is 81.7 Å². The summed E-state index contributed by atoms with van der Waals surface area (Å²) in [5.41, 5.74) is 18.0. The number of alkyl halides is 2. The summed E-state index contributed by atoms with van der Waals surface area (Å²) in [5.74, 6) is 6.30. The van der Waals surface area contributed by atoms with E-state index < -0.39 is 6.29 Å². The normalized spacial score (nSPS) is 15.2. The van der Waals surface area contributed by atoms with Crippen LogP contribution in [0.1, 0.15) is 114 Å². The Hall–Kier alpha value is -12.0. The summed E-state index contributed by atoms with van der Waals surface area (Å²) in [6.07, 6.45) is 5.15. The lowest BCUT2D eigenvalue weighted by Crippen LogP contribution is -2.40. The third-order valence-corrected chi connectivity index (χ3v) is 29.0. The summed E-state index contributed by atoms with van der Waals surface area (Å²) < 4.78 is 94.2. The van der Waals surface area contributed by atoms with Gasteiger partial charge in [-0.2, -0.15) is 0 Å². The molecule has 17 nitrogen and oxygen atoms in total. The molecule has 21 rings (SSSR count). The first-order valence-corrected chi connectivity index (χ1v) is 53.0. The number of aryl methyl sites for hydroxylation is 9. The van der Waals surface area contributed by atoms with Gasteiger partial charge in [-0.25, -0.2) is 13.2 Å². The van der Waals surface area contributed by atoms with Crippen LogP contribution in [-0.2, 0) is 77.0 Å². The first kappa shape index (κ1) is 107. The number of amidine groups is 6. The molecule has 0 saturated heterocycles. The molecule has 1 unspecified atom stereocenters. The molecule has 6 N–H and O–H groups in total. The van der Waals surface area contributed by atoms with E-state index in [1.165, 1.54) is 84.8 Å². The van der Waals surface area contributed by atoms with Gasteiger partial charge in [-0.05, 0) is 276 Å². The molecule has 14 aromatic rings. The monoisotopic (exact) mass is 2280 g/mol. The first-order valence-electron chi connectivity index (χ1n) is 48.7. The number of methoxy groups -OCH3 is 2. The molecule has 0 saturated carbocycles. The van der Waals surface area contributed by atoms with Gasteiger partial charge in [0, 0.05) is 89.5 Å². The van der Waals surface area contributed by atoms with E-state index in [2.05, 4.69) is 270 Å². The molecule has 7 heterocycles. The van der Waals surface area contributed by atoms with Crippen molar-refractivity contribution in [2.45, 2.75) is 109 Å². The highest BCUT2D eigenvalue weighted by Gasteiger charge is 2.44. The molecule has 0 bridgehead atoms. The van der Waals surface area contributed by atoms with Crippen molar-refractivity contribution in [3.05, 3.63) is 417 Å². The van der Waals surface area contributed by atoms with Crippen molar-refractivity contribution in [3.63, 3.8) is 0 Å². The van der Waals surface area contributed by atoms with E-state index in [-0.39, 0.29) is 47.1 Å². The molecule has 0 spiro atoms. The number of hydrogen-bond donors (Lipinski definition) is 6. The number of likely N-dealkylation sites (N-methyl/N-ethyl adjacent to an activating group) is 1. The van der Waals surface area contributed by atoms with E-state index in [1.807, 2.05) is 85.9 Å². The van der Waals surface area contributed by atoms with Crippen LogP contribution in [0.2, 0.25) is 15.1 Å². The van der Waals surface area contributed by atoms with Gasteiger partial charge in [0.25, 0.3) is 0 Å². The van der Waals surface area contributed by atoms with Gasteiger partial charge in [0.1, 0.15) is 64.0 Å². The molecule has 0 amide bonds. The predicted molar refractivity (Wildman–Crippen MR) is 598 cm³/mol. The SMILES string of the molecule is Brc1cc(CCc2ccccc2C2=NCCN2)c2ccccc2c1.COc1ccc(Br)cc1CCc1c(F)cccc1C1=NCC(C)(C)N1.COc1ccc(Br)cc1CCc1ccccc1C1=NCC(CO)N1C.Clc1cc(Cl)c(Cl)c(CCc2ccccc2C2=NCCN2)c1.Fc1cccc(C2=NCCN2)c1CCc1cc(Br)cc2ccccc12.Fc1cccc(C2=NCCN2)c1CCc1cccc2c1OC(F)(F)O2. The van der Waals surface area contributed by atoms with E-state index >= 15 is 0 Å². The molecule has 0 radical (unpaired) electrons. The maximum Gasteiger partial charge on any atom is 0.586 e. The maximum absolute atomic E-state index is 14.5. The van der Waals surface area contributed by atoms with Crippen LogP contribution in [0.15, 0.2) is 315 Å². The number of aliphatic hydroxyl groups is 1. The Morgan fingerprint density at radius 2 is 0.774 bits per heavy atom. The van der Waals surface area contributed by atoms with E-state index in [1.54, 1.807) is 56.7 Å². The van der Waals surface area contributed by atoms with E-state index in [9.17, 15) is 27.1 Å². The van der Waals surface area contributed by atoms with Crippen molar-refractivity contribution in [2.24, 2.45) is 30.0 Å². The van der Waals surface area contributed by atoms with Crippen LogP contribution in [-0.4, -0.2) is 156 Å². The molecule has 14 aromatic carbocycles. The lowest BCUT2D eigenvalue weighted by molar-refractivity contribution is -0.287. The molecule has 1 atom stereocenters. The fraction of sp³-hybridized carbons (Fsp3) is 0.265. The molecule has 7 aliphatic rings. The van der Waals surface area contributed by atoms with Crippen molar-refractivity contribution in [1.29, 1.82) is 0 Å². The molecule has 0 aliphatic carbocycles. The van der Waals surface area contributed by atoms with E-state index in [0.29, 0.717) is 94.9 Å². The van der Waals surface area contributed by atoms with Gasteiger partial charge in [0.15, 0.2) is 11.5 Å². The van der Waals surface area contributed by atoms with Gasteiger partial charge >= 0.3 is 6.29 Å². The Morgan fingerprint density at radius 1 is 0.390 bits per heavy atom. The topological polar surface area (TPSA) is 195 Å². The minimum atomic E-state index is -3.66. The minimum Gasteiger partial charge on any atom is -0.496 e. The van der Waals surface area contributed by atoms with Gasteiger partial charge in [0.2, 0.25) is 0 Å². The fourth-order valence-corrected chi connectivity index (χ4v) is 21.4. The summed E-state index contributed by atoms with van der Waals surface area (Å²) in [4.78, 5) is 29.2. The molecule has 0 fully saturated rings. The molecule has 0 aromatic heterocycles. The standard InChI is InChI=1S/C21H18BrFN2.C21H19BrN2.C20H22BrFN2O.C20H23BrN2O2.C18H15F3N2O2.C17H15Cl3N2/c22-16-12-14-4-1-2-5-17(14)15(13-16)8-9-18-19(6-3-7-20(18)23)21-24-10-11-25-21;22-18-13-16-6-2-3-7-19(16)17(14-18)10-9-15-5-1-4-8-20(15)21-23-11-12-24-21;1-20(2)12-23-19(24-20)16-5-4-6-17(22)15(16)9-7-13-11-14(21)8-10-18(13)25-3;1-23-17(13-24)12-22-20(23)18-6-4-3-5-14(18)7-8-15-11-16(21)9-10-19(15)25-2;19-14-5-2-4-13(17-22-9-10-23-17)12(14)8-7-11-3-1-6-15-16(11)25-18(20,21)24-15;18-13-9-12(16(20)15(19)10-13)6-5-11-3-1-2-4-14(11)17-21-7-8-22-17/h1-7,12-13H,8-11H2,(H,24,25);1-8,13-14H,9-12H2,(H,23,24);4-6,8,10-11H,7,9,12H2,1-3H3,(H,23,24);3-6,9-11,17,24H,7-8,12-13H2,1-2H3;1-6H,7-10H2,(H,22,23);1-4,9-10H,5-8H2,(H,21,22). The number of hydrogen-bond acceptors (Lipinski definition) is 17. The zero-order chi connectivity index (χ0) is 102. The van der Waals surface area contributed by atoms with Crippen molar-refractivity contribution < 1.29 is 46.0 Å². The zero-order valence-corrected chi connectivity index (χ0v) is 90.1. The summed E-state index contributed by atoms with van der Waals surface area (Å²) in [6, 6.07) is 86.4. The number of para-hydroxylation sites is 1. The van der Waals surface area contributed by atoms with Gasteiger partial charge < -0.3 is 55.5 Å². The molecule has 146 heavy (non-hydrogen) atoms. The number of nitrogens with one attached hydrogen (secondary N) is 5. The van der Waals surface area contributed by atoms with E-state index in [0.717, 1.165) is 188 Å². The summed E-state index contributed by atoms with van der Waals surface area (Å²) in [5, 5.41) is 32.7.